The Morgan fingerprint density at radius 1 is 1.21 bits per heavy atom. The molecule has 0 aliphatic carbocycles. The Morgan fingerprint density at radius 3 is 2.41 bits per heavy atom. The molecule has 0 spiro atoms. The monoisotopic (exact) mass is 445 g/mol. The number of nitrogens with one attached hydrogen (secondary N) is 1. The normalized spacial score (nSPS) is 14.2. The molecule has 29 heavy (non-hydrogen) atoms. The lowest BCUT2D eigenvalue weighted by Gasteiger charge is -2.34. The maximum absolute atomic E-state index is 13.3. The van der Waals surface area contributed by atoms with E-state index in [0.717, 1.165) is 36.9 Å². The number of aromatic nitrogens is 3. The van der Waals surface area contributed by atoms with Gasteiger partial charge in [-0.1, -0.05) is 6.92 Å². The second kappa shape index (κ2) is 10.2. The van der Waals surface area contributed by atoms with E-state index in [0.29, 0.717) is 17.5 Å². The van der Waals surface area contributed by atoms with Crippen LogP contribution in [0.1, 0.15) is 42.2 Å². The van der Waals surface area contributed by atoms with Crippen LogP contribution in [-0.4, -0.2) is 50.6 Å². The molecule has 1 saturated heterocycles. The maximum Gasteiger partial charge on any atom is 0.332 e. The number of pyridine rings is 1. The van der Waals surface area contributed by atoms with E-state index >= 15 is 0 Å². The first-order valence-corrected chi connectivity index (χ1v) is 9.45. The highest BCUT2D eigenvalue weighted by Crippen LogP contribution is 2.18. The third-order valence-corrected chi connectivity index (χ3v) is 5.30. The van der Waals surface area contributed by atoms with Crippen LogP contribution in [0.4, 0.5) is 0 Å². The van der Waals surface area contributed by atoms with Gasteiger partial charge in [-0.05, 0) is 50.9 Å². The lowest BCUT2D eigenvalue weighted by Crippen LogP contribution is -2.46. The number of halogens is 2. The number of amides is 1. The molecule has 162 valence electrons. The largest absolute Gasteiger partial charge is 0.334 e. The molecular formula is C19H29Cl2N5O3. The van der Waals surface area contributed by atoms with E-state index in [1.54, 1.807) is 20.0 Å². The molecule has 2 aromatic heterocycles. The number of nitrogens with zero attached hydrogens (tertiary/aromatic N) is 4. The Bertz CT molecular complexity index is 996. The highest BCUT2D eigenvalue weighted by molar-refractivity contribution is 5.95. The average Bonchev–Trinajstić information content (AvgIpc) is 2.68. The van der Waals surface area contributed by atoms with Gasteiger partial charge in [0, 0.05) is 26.7 Å². The van der Waals surface area contributed by atoms with Gasteiger partial charge in [-0.3, -0.25) is 18.7 Å². The summed E-state index contributed by atoms with van der Waals surface area (Å²) < 4.78 is 2.39. The first kappa shape index (κ1) is 25.1. The molecule has 3 heterocycles. The minimum Gasteiger partial charge on any atom is -0.334 e. The SMILES string of the molecule is CCCN(C(=O)c1cc(C)c2c(=O)n(C)c(=O)n(C)c2n1)C1CCNCC1.Cl.Cl. The molecule has 0 saturated carbocycles. The molecule has 0 radical (unpaired) electrons. The van der Waals surface area contributed by atoms with Crippen molar-refractivity contribution in [1.82, 2.24) is 24.3 Å². The van der Waals surface area contributed by atoms with Crippen LogP contribution < -0.4 is 16.6 Å². The highest BCUT2D eigenvalue weighted by Gasteiger charge is 2.27. The number of rotatable bonds is 4. The van der Waals surface area contributed by atoms with Crippen LogP contribution in [0.15, 0.2) is 15.7 Å². The molecule has 0 unspecified atom stereocenters. The number of piperidine rings is 1. The fraction of sp³-hybridized carbons (Fsp3) is 0.579. The van der Waals surface area contributed by atoms with E-state index in [4.69, 9.17) is 0 Å². The molecule has 8 nitrogen and oxygen atoms in total. The number of carbonyl (C=O) groups is 1. The molecule has 0 bridgehead atoms. The van der Waals surface area contributed by atoms with E-state index in [1.165, 1.54) is 11.6 Å². The summed E-state index contributed by atoms with van der Waals surface area (Å²) >= 11 is 0. The van der Waals surface area contributed by atoms with Gasteiger partial charge in [0.15, 0.2) is 0 Å². The lowest BCUT2D eigenvalue weighted by molar-refractivity contribution is 0.0637. The van der Waals surface area contributed by atoms with Gasteiger partial charge in [-0.25, -0.2) is 9.78 Å². The summed E-state index contributed by atoms with van der Waals surface area (Å²) in [5.74, 6) is -0.137. The molecule has 10 heteroatoms. The zero-order valence-corrected chi connectivity index (χ0v) is 18.9. The van der Waals surface area contributed by atoms with Crippen molar-refractivity contribution in [1.29, 1.82) is 0 Å². The Labute approximate surface area is 182 Å². The van der Waals surface area contributed by atoms with Gasteiger partial charge < -0.3 is 10.2 Å². The smallest absolute Gasteiger partial charge is 0.332 e. The molecule has 3 rings (SSSR count). The summed E-state index contributed by atoms with van der Waals surface area (Å²) in [6.45, 7) is 6.28. The Hall–Kier alpha value is -1.90. The number of aryl methyl sites for hydroxylation is 2. The van der Waals surface area contributed by atoms with Gasteiger partial charge in [0.25, 0.3) is 11.5 Å². The predicted molar refractivity (Wildman–Crippen MR) is 119 cm³/mol. The van der Waals surface area contributed by atoms with Crippen molar-refractivity contribution in [2.75, 3.05) is 19.6 Å². The number of fused-ring (bicyclic) bond motifs is 1. The summed E-state index contributed by atoms with van der Waals surface area (Å²) in [6, 6.07) is 1.85. The van der Waals surface area contributed by atoms with E-state index in [2.05, 4.69) is 10.3 Å². The lowest BCUT2D eigenvalue weighted by atomic mass is 10.0. The van der Waals surface area contributed by atoms with Crippen molar-refractivity contribution < 1.29 is 4.79 Å². The molecule has 1 fully saturated rings. The summed E-state index contributed by atoms with van der Waals surface area (Å²) in [5.41, 5.74) is 0.360. The Morgan fingerprint density at radius 2 is 1.83 bits per heavy atom. The standard InChI is InChI=1S/C19H27N5O3.2ClH/c1-5-10-24(13-6-8-20-9-7-13)17(25)14-11-12(2)15-16(21-14)22(3)19(27)23(4)18(15)26;;/h11,13,20H,5-10H2,1-4H3;2*1H. The molecule has 1 N–H and O–H groups in total. The van der Waals surface area contributed by atoms with Gasteiger partial charge in [-0.2, -0.15) is 0 Å². The topological polar surface area (TPSA) is 89.2 Å². The van der Waals surface area contributed by atoms with Crippen LogP contribution in [0.5, 0.6) is 0 Å². The van der Waals surface area contributed by atoms with Crippen LogP contribution in [0, 0.1) is 6.92 Å². The van der Waals surface area contributed by atoms with Crippen molar-refractivity contribution in [2.24, 2.45) is 14.1 Å². The van der Waals surface area contributed by atoms with E-state index in [1.807, 2.05) is 11.8 Å². The van der Waals surface area contributed by atoms with Gasteiger partial charge >= 0.3 is 5.69 Å². The molecule has 2 aromatic rings. The van der Waals surface area contributed by atoms with E-state index in [-0.39, 0.29) is 53.7 Å². The third kappa shape index (κ3) is 4.65. The third-order valence-electron chi connectivity index (χ3n) is 5.30. The molecule has 1 amide bonds. The van der Waals surface area contributed by atoms with Crippen molar-refractivity contribution in [2.45, 2.75) is 39.2 Å². The van der Waals surface area contributed by atoms with Crippen molar-refractivity contribution in [3.05, 3.63) is 38.2 Å². The van der Waals surface area contributed by atoms with Crippen LogP contribution >= 0.6 is 24.8 Å². The van der Waals surface area contributed by atoms with Crippen molar-refractivity contribution in [3.63, 3.8) is 0 Å². The van der Waals surface area contributed by atoms with Crippen LogP contribution in [0.2, 0.25) is 0 Å². The van der Waals surface area contributed by atoms with Gasteiger partial charge in [0.1, 0.15) is 11.3 Å². The minimum absolute atomic E-state index is 0. The number of hydrogen-bond donors (Lipinski definition) is 1. The maximum atomic E-state index is 13.3. The van der Waals surface area contributed by atoms with Gasteiger partial charge in [-0.15, -0.1) is 24.8 Å². The number of carbonyl (C=O) groups excluding carboxylic acids is 1. The minimum atomic E-state index is -0.451. The molecule has 0 aromatic carbocycles. The predicted octanol–water partition coefficient (Wildman–Crippen LogP) is 1.39. The summed E-state index contributed by atoms with van der Waals surface area (Å²) in [7, 11) is 3.02. The van der Waals surface area contributed by atoms with E-state index < -0.39 is 5.69 Å². The first-order chi connectivity index (χ1) is 12.9. The molecule has 1 aliphatic rings. The summed E-state index contributed by atoms with van der Waals surface area (Å²) in [5, 5.41) is 3.70. The zero-order valence-electron chi connectivity index (χ0n) is 17.2. The fourth-order valence-corrected chi connectivity index (χ4v) is 3.80. The Kier molecular flexibility index (Phi) is 8.86. The summed E-state index contributed by atoms with van der Waals surface area (Å²) in [4.78, 5) is 44.3. The summed E-state index contributed by atoms with van der Waals surface area (Å²) in [6.07, 6.45) is 2.69. The second-order valence-corrected chi connectivity index (χ2v) is 7.21. The van der Waals surface area contributed by atoms with Crippen LogP contribution in [-0.2, 0) is 14.1 Å². The van der Waals surface area contributed by atoms with E-state index in [9.17, 15) is 14.4 Å². The molecule has 0 atom stereocenters. The van der Waals surface area contributed by atoms with Gasteiger partial charge in [0.2, 0.25) is 0 Å². The second-order valence-electron chi connectivity index (χ2n) is 7.21. The quantitative estimate of drug-likeness (QED) is 0.767. The van der Waals surface area contributed by atoms with Gasteiger partial charge in [0.05, 0.1) is 5.39 Å². The first-order valence-electron chi connectivity index (χ1n) is 9.45. The highest BCUT2D eigenvalue weighted by atomic mass is 35.5. The number of hydrogen-bond acceptors (Lipinski definition) is 5. The fourth-order valence-electron chi connectivity index (χ4n) is 3.80. The molecule has 1 aliphatic heterocycles. The Balaban J connectivity index is 0.00000210. The zero-order chi connectivity index (χ0) is 19.7. The van der Waals surface area contributed by atoms with Crippen molar-refractivity contribution in [3.8, 4) is 0 Å². The van der Waals surface area contributed by atoms with Crippen LogP contribution in [0.25, 0.3) is 11.0 Å². The van der Waals surface area contributed by atoms with Crippen LogP contribution in [0.3, 0.4) is 0 Å². The average molecular weight is 446 g/mol. The van der Waals surface area contributed by atoms with Crippen molar-refractivity contribution >= 4 is 41.8 Å². The molecular weight excluding hydrogens is 417 g/mol.